The zero-order chi connectivity index (χ0) is 38.7. The van der Waals surface area contributed by atoms with E-state index >= 15 is 0 Å². The van der Waals surface area contributed by atoms with E-state index in [1.807, 2.05) is 6.08 Å². The molecule has 0 saturated heterocycles. The number of allylic oxidation sites excluding steroid dienone is 1. The first-order valence-corrected chi connectivity index (χ1v) is 24.0. The Labute approximate surface area is 331 Å². The van der Waals surface area contributed by atoms with Gasteiger partial charge in [0.05, 0.1) is 31.3 Å². The lowest BCUT2D eigenvalue weighted by molar-refractivity contribution is -0.124. The van der Waals surface area contributed by atoms with Crippen LogP contribution in [-0.2, 0) is 4.79 Å². The molecule has 0 radical (unpaired) electrons. The predicted molar refractivity (Wildman–Crippen MR) is 232 cm³/mol. The van der Waals surface area contributed by atoms with Crippen molar-refractivity contribution in [3.8, 4) is 0 Å². The molecule has 0 rings (SSSR count). The summed E-state index contributed by atoms with van der Waals surface area (Å²) in [5, 5.41) is 33.2. The molecule has 0 aliphatic carbocycles. The highest BCUT2D eigenvalue weighted by Gasteiger charge is 2.20. The van der Waals surface area contributed by atoms with Crippen molar-refractivity contribution in [3.63, 3.8) is 0 Å². The number of unbranched alkanes of at least 4 members (excludes halogenated alkanes) is 35. The summed E-state index contributed by atoms with van der Waals surface area (Å²) < 4.78 is 0. The Bertz CT molecular complexity index is 743. The molecule has 0 aliphatic rings. The highest BCUT2D eigenvalue weighted by Crippen LogP contribution is 2.17. The van der Waals surface area contributed by atoms with Gasteiger partial charge in [0.2, 0.25) is 5.91 Å². The number of nitrogens with one attached hydrogen (secondary N) is 1. The summed E-state index contributed by atoms with van der Waals surface area (Å²) >= 11 is 0. The van der Waals surface area contributed by atoms with E-state index in [1.54, 1.807) is 6.08 Å². The Morgan fingerprint density at radius 2 is 0.774 bits per heavy atom. The molecule has 0 heterocycles. The number of hydrogen-bond donors (Lipinski definition) is 4. The highest BCUT2D eigenvalue weighted by atomic mass is 16.3. The van der Waals surface area contributed by atoms with Crippen LogP contribution in [0.15, 0.2) is 12.2 Å². The minimum Gasteiger partial charge on any atom is -0.394 e. The van der Waals surface area contributed by atoms with Crippen LogP contribution in [0.1, 0.15) is 264 Å². The summed E-state index contributed by atoms with van der Waals surface area (Å²) in [4.78, 5) is 12.4. The summed E-state index contributed by atoms with van der Waals surface area (Å²) in [6.45, 7) is 4.23. The van der Waals surface area contributed by atoms with Gasteiger partial charge in [-0.2, -0.15) is 0 Å². The van der Waals surface area contributed by atoms with Crippen LogP contribution in [-0.4, -0.2) is 46.1 Å². The van der Waals surface area contributed by atoms with E-state index in [0.717, 1.165) is 25.7 Å². The zero-order valence-corrected chi connectivity index (χ0v) is 35.9. The Hall–Kier alpha value is -0.910. The van der Waals surface area contributed by atoms with Gasteiger partial charge in [-0.15, -0.1) is 0 Å². The third-order valence-corrected chi connectivity index (χ3v) is 11.3. The molecule has 5 nitrogen and oxygen atoms in total. The van der Waals surface area contributed by atoms with Crippen molar-refractivity contribution in [1.29, 1.82) is 0 Å². The highest BCUT2D eigenvalue weighted by molar-refractivity contribution is 5.76. The van der Waals surface area contributed by atoms with Crippen molar-refractivity contribution in [1.82, 2.24) is 5.32 Å². The molecule has 53 heavy (non-hydrogen) atoms. The maximum Gasteiger partial charge on any atom is 0.222 e. The molecule has 1 amide bonds. The molecular weight excluding hydrogens is 655 g/mol. The van der Waals surface area contributed by atoms with E-state index < -0.39 is 18.2 Å². The van der Waals surface area contributed by atoms with Crippen LogP contribution in [0.2, 0.25) is 0 Å². The van der Waals surface area contributed by atoms with E-state index in [2.05, 4.69) is 19.2 Å². The van der Waals surface area contributed by atoms with Gasteiger partial charge in [-0.25, -0.2) is 0 Å². The van der Waals surface area contributed by atoms with Gasteiger partial charge in [-0.1, -0.05) is 251 Å². The van der Waals surface area contributed by atoms with Crippen molar-refractivity contribution in [2.45, 2.75) is 283 Å². The standard InChI is InChI=1S/C48H95NO4/c1-3-5-7-9-11-13-15-17-18-19-20-21-22-23-24-25-26-27-28-30-31-33-35-37-39-41-45(51)43-48(53)49-46(44-50)47(52)42-40-38-36-34-32-29-16-14-12-10-8-6-4-2/h40,42,45-47,50-52H,3-39,41,43-44H2,1-2H3,(H,49,53)/b42-40+. The molecule has 316 valence electrons. The normalized spacial score (nSPS) is 13.5. The van der Waals surface area contributed by atoms with Crippen molar-refractivity contribution >= 4 is 5.91 Å². The zero-order valence-electron chi connectivity index (χ0n) is 35.9. The van der Waals surface area contributed by atoms with Crippen molar-refractivity contribution < 1.29 is 20.1 Å². The molecule has 0 aromatic carbocycles. The molecule has 0 saturated carbocycles. The maximum atomic E-state index is 12.4. The maximum absolute atomic E-state index is 12.4. The van der Waals surface area contributed by atoms with Crippen molar-refractivity contribution in [2.24, 2.45) is 0 Å². The SMILES string of the molecule is CCCCCCCCCCCCC/C=C/C(O)C(CO)NC(=O)CC(O)CCCCCCCCCCCCCCCCCCCCCCCCCCC. The second kappa shape index (κ2) is 43.8. The number of carbonyl (C=O) groups is 1. The van der Waals surface area contributed by atoms with Crippen LogP contribution in [0.4, 0.5) is 0 Å². The van der Waals surface area contributed by atoms with Crippen LogP contribution in [0.25, 0.3) is 0 Å². The molecule has 0 fully saturated rings. The summed E-state index contributed by atoms with van der Waals surface area (Å²) in [7, 11) is 0. The van der Waals surface area contributed by atoms with Crippen LogP contribution in [0.3, 0.4) is 0 Å². The topological polar surface area (TPSA) is 89.8 Å². The van der Waals surface area contributed by atoms with Crippen molar-refractivity contribution in [2.75, 3.05) is 6.61 Å². The lowest BCUT2D eigenvalue weighted by Crippen LogP contribution is -2.45. The smallest absolute Gasteiger partial charge is 0.222 e. The van der Waals surface area contributed by atoms with E-state index in [4.69, 9.17) is 0 Å². The van der Waals surface area contributed by atoms with E-state index in [1.165, 1.54) is 212 Å². The van der Waals surface area contributed by atoms with Crippen LogP contribution in [0.5, 0.6) is 0 Å². The van der Waals surface area contributed by atoms with Gasteiger partial charge in [-0.3, -0.25) is 4.79 Å². The molecule has 0 bridgehead atoms. The summed E-state index contributed by atoms with van der Waals surface area (Å²) in [6, 6.07) is -0.739. The summed E-state index contributed by atoms with van der Waals surface area (Å²) in [5.74, 6) is -0.311. The van der Waals surface area contributed by atoms with Gasteiger partial charge in [0, 0.05) is 0 Å². The molecule has 3 unspecified atom stereocenters. The van der Waals surface area contributed by atoms with Gasteiger partial charge >= 0.3 is 0 Å². The van der Waals surface area contributed by atoms with Gasteiger partial charge in [0.1, 0.15) is 0 Å². The number of aliphatic hydroxyl groups excluding tert-OH is 3. The van der Waals surface area contributed by atoms with E-state index in [-0.39, 0.29) is 18.9 Å². The van der Waals surface area contributed by atoms with E-state index in [9.17, 15) is 20.1 Å². The third-order valence-electron chi connectivity index (χ3n) is 11.3. The van der Waals surface area contributed by atoms with Gasteiger partial charge in [0.15, 0.2) is 0 Å². The van der Waals surface area contributed by atoms with Crippen LogP contribution >= 0.6 is 0 Å². The third kappa shape index (κ3) is 40.6. The van der Waals surface area contributed by atoms with Crippen LogP contribution < -0.4 is 5.32 Å². The number of carbonyl (C=O) groups excluding carboxylic acids is 1. The Balaban J connectivity index is 3.54. The second-order valence-electron chi connectivity index (χ2n) is 16.7. The Morgan fingerprint density at radius 1 is 0.472 bits per heavy atom. The van der Waals surface area contributed by atoms with Crippen molar-refractivity contribution in [3.05, 3.63) is 12.2 Å². The fraction of sp³-hybridized carbons (Fsp3) is 0.938. The molecule has 4 N–H and O–H groups in total. The van der Waals surface area contributed by atoms with Crippen LogP contribution in [0, 0.1) is 0 Å². The van der Waals surface area contributed by atoms with E-state index in [0.29, 0.717) is 6.42 Å². The molecule has 5 heteroatoms. The fourth-order valence-corrected chi connectivity index (χ4v) is 7.64. The Kier molecular flexibility index (Phi) is 43.1. The fourth-order valence-electron chi connectivity index (χ4n) is 7.64. The largest absolute Gasteiger partial charge is 0.394 e. The molecule has 0 aliphatic heterocycles. The number of amides is 1. The van der Waals surface area contributed by atoms with Gasteiger partial charge in [-0.05, 0) is 19.3 Å². The summed E-state index contributed by atoms with van der Waals surface area (Å²) in [5.41, 5.74) is 0. The van der Waals surface area contributed by atoms with Gasteiger partial charge < -0.3 is 20.6 Å². The minimum atomic E-state index is -0.924. The second-order valence-corrected chi connectivity index (χ2v) is 16.7. The monoisotopic (exact) mass is 750 g/mol. The quantitative estimate of drug-likeness (QED) is 0.0369. The molecule has 0 aromatic rings. The minimum absolute atomic E-state index is 0.0189. The average molecular weight is 750 g/mol. The predicted octanol–water partition coefficient (Wildman–Crippen LogP) is 14.0. The molecular formula is C48H95NO4. The number of hydrogen-bond acceptors (Lipinski definition) is 4. The lowest BCUT2D eigenvalue weighted by atomic mass is 10.0. The first-order chi connectivity index (χ1) is 26.0. The number of rotatable bonds is 44. The van der Waals surface area contributed by atoms with Gasteiger partial charge in [0.25, 0.3) is 0 Å². The average Bonchev–Trinajstić information content (AvgIpc) is 3.15. The number of aliphatic hydroxyl groups is 3. The summed E-state index contributed by atoms with van der Waals surface area (Å²) in [6.07, 6.45) is 52.3. The first-order valence-electron chi connectivity index (χ1n) is 24.0. The lowest BCUT2D eigenvalue weighted by Gasteiger charge is -2.21. The first kappa shape index (κ1) is 52.1. The molecule has 0 aromatic heterocycles. The molecule has 0 spiro atoms. The molecule has 3 atom stereocenters. The Morgan fingerprint density at radius 3 is 1.09 bits per heavy atom.